The van der Waals surface area contributed by atoms with Crippen LogP contribution in [0.3, 0.4) is 0 Å². The van der Waals surface area contributed by atoms with E-state index in [0.717, 1.165) is 21.7 Å². The number of anilines is 2. The third-order valence-electron chi connectivity index (χ3n) is 4.65. The Hall–Kier alpha value is -2.87. The maximum Gasteiger partial charge on any atom is 0.337 e. The highest BCUT2D eigenvalue weighted by molar-refractivity contribution is 7.92. The molecule has 0 aliphatic heterocycles. The second kappa shape index (κ2) is 9.09. The highest BCUT2D eigenvalue weighted by Crippen LogP contribution is 2.25. The van der Waals surface area contributed by atoms with Gasteiger partial charge in [-0.15, -0.1) is 0 Å². The summed E-state index contributed by atoms with van der Waals surface area (Å²) < 4.78 is 30.9. The van der Waals surface area contributed by atoms with Crippen molar-refractivity contribution >= 4 is 33.3 Å². The Morgan fingerprint density at radius 3 is 2.17 bits per heavy atom. The minimum absolute atomic E-state index is 0.284. The van der Waals surface area contributed by atoms with Crippen LogP contribution in [0, 0.1) is 13.8 Å². The molecule has 0 bridgehead atoms. The van der Waals surface area contributed by atoms with Gasteiger partial charge in [-0.25, -0.2) is 13.2 Å². The molecule has 156 valence electrons. The lowest BCUT2D eigenvalue weighted by molar-refractivity contribution is -0.117. The first-order valence-corrected chi connectivity index (χ1v) is 11.0. The van der Waals surface area contributed by atoms with E-state index in [0.29, 0.717) is 16.9 Å². The van der Waals surface area contributed by atoms with Gasteiger partial charge in [0.25, 0.3) is 0 Å². The second-order valence-corrected chi connectivity index (χ2v) is 8.67. The molecular weight excluding hydrogens is 392 g/mol. The summed E-state index contributed by atoms with van der Waals surface area (Å²) in [6.45, 7) is 5.58. The number of methoxy groups -OCH3 is 1. The van der Waals surface area contributed by atoms with Crippen LogP contribution in [0.4, 0.5) is 11.4 Å². The van der Waals surface area contributed by atoms with E-state index < -0.39 is 27.9 Å². The van der Waals surface area contributed by atoms with Crippen LogP contribution in [0.2, 0.25) is 0 Å². The maximum absolute atomic E-state index is 12.9. The van der Waals surface area contributed by atoms with Gasteiger partial charge in [-0.2, -0.15) is 0 Å². The fourth-order valence-corrected chi connectivity index (χ4v) is 4.16. The number of nitrogens with one attached hydrogen (secondary N) is 1. The molecular formula is C21H26N2O5S. The van der Waals surface area contributed by atoms with E-state index in [9.17, 15) is 18.0 Å². The van der Waals surface area contributed by atoms with E-state index in [-0.39, 0.29) is 6.42 Å². The molecule has 2 aromatic carbocycles. The molecule has 0 heterocycles. The minimum Gasteiger partial charge on any atom is -0.465 e. The molecule has 0 aliphatic carbocycles. The molecule has 0 saturated carbocycles. The van der Waals surface area contributed by atoms with Crippen molar-refractivity contribution in [3.05, 3.63) is 59.2 Å². The monoisotopic (exact) mass is 418 g/mol. The van der Waals surface area contributed by atoms with E-state index >= 15 is 0 Å². The van der Waals surface area contributed by atoms with Crippen LogP contribution in [-0.4, -0.2) is 39.7 Å². The summed E-state index contributed by atoms with van der Waals surface area (Å²) in [6, 6.07) is 10.6. The summed E-state index contributed by atoms with van der Waals surface area (Å²) in [7, 11) is -2.42. The molecule has 7 nitrogen and oxygen atoms in total. The normalized spacial score (nSPS) is 12.2. The number of sulfonamides is 1. The Balaban J connectivity index is 2.33. The van der Waals surface area contributed by atoms with Crippen LogP contribution < -0.4 is 9.62 Å². The number of nitrogens with zero attached hydrogens (tertiary/aromatic N) is 1. The fourth-order valence-electron chi connectivity index (χ4n) is 2.96. The molecule has 0 radical (unpaired) electrons. The van der Waals surface area contributed by atoms with Gasteiger partial charge in [0.15, 0.2) is 0 Å². The number of aryl methyl sites for hydroxylation is 2. The first kappa shape index (κ1) is 22.4. The zero-order valence-electron chi connectivity index (χ0n) is 17.2. The van der Waals surface area contributed by atoms with Gasteiger partial charge in [0.2, 0.25) is 15.9 Å². The molecule has 0 spiro atoms. The lowest BCUT2D eigenvalue weighted by Crippen LogP contribution is -2.47. The summed E-state index contributed by atoms with van der Waals surface area (Å²) in [5.41, 5.74) is 3.22. The summed E-state index contributed by atoms with van der Waals surface area (Å²) >= 11 is 0. The van der Waals surface area contributed by atoms with Crippen LogP contribution in [-0.2, 0) is 19.6 Å². The van der Waals surface area contributed by atoms with Crippen LogP contribution in [0.25, 0.3) is 0 Å². The zero-order chi connectivity index (χ0) is 21.8. The number of benzene rings is 2. The van der Waals surface area contributed by atoms with Gasteiger partial charge in [0.1, 0.15) is 6.04 Å². The largest absolute Gasteiger partial charge is 0.465 e. The van der Waals surface area contributed by atoms with E-state index in [4.69, 9.17) is 0 Å². The average molecular weight is 419 g/mol. The van der Waals surface area contributed by atoms with Gasteiger partial charge in [0.05, 0.1) is 24.6 Å². The van der Waals surface area contributed by atoms with E-state index in [2.05, 4.69) is 10.1 Å². The van der Waals surface area contributed by atoms with Crippen LogP contribution in [0.1, 0.15) is 34.8 Å². The third-order valence-corrected chi connectivity index (χ3v) is 5.83. The predicted octanol–water partition coefficient (Wildman–Crippen LogP) is 3.27. The Morgan fingerprint density at radius 1 is 1.07 bits per heavy atom. The van der Waals surface area contributed by atoms with Crippen molar-refractivity contribution in [3.8, 4) is 0 Å². The van der Waals surface area contributed by atoms with Gasteiger partial charge in [-0.3, -0.25) is 9.10 Å². The van der Waals surface area contributed by atoms with Crippen molar-refractivity contribution in [1.82, 2.24) is 0 Å². The summed E-state index contributed by atoms with van der Waals surface area (Å²) in [5, 5.41) is 2.73. The average Bonchev–Trinajstić information content (AvgIpc) is 2.67. The van der Waals surface area contributed by atoms with E-state index in [1.54, 1.807) is 31.2 Å². The SMILES string of the molecule is CC[C@H](C(=O)Nc1ccc(C(=O)OC)cc1)N(c1ccc(C)c(C)c1)S(C)(=O)=O. The number of ether oxygens (including phenoxy) is 1. The molecule has 8 heteroatoms. The Morgan fingerprint density at radius 2 is 1.69 bits per heavy atom. The molecule has 0 aromatic heterocycles. The minimum atomic E-state index is -3.71. The summed E-state index contributed by atoms with van der Waals surface area (Å²) in [5.74, 6) is -0.936. The van der Waals surface area contributed by atoms with E-state index in [1.165, 1.54) is 19.2 Å². The molecule has 2 aromatic rings. The first-order chi connectivity index (χ1) is 13.6. The number of carbonyl (C=O) groups is 2. The third kappa shape index (κ3) is 5.35. The molecule has 1 atom stereocenters. The number of carbonyl (C=O) groups excluding carboxylic acids is 2. The van der Waals surface area contributed by atoms with Crippen LogP contribution in [0.5, 0.6) is 0 Å². The number of rotatable bonds is 7. The molecule has 0 aliphatic rings. The van der Waals surface area contributed by atoms with Crippen molar-refractivity contribution in [3.63, 3.8) is 0 Å². The maximum atomic E-state index is 12.9. The van der Waals surface area contributed by atoms with Crippen LogP contribution >= 0.6 is 0 Å². The van der Waals surface area contributed by atoms with Gasteiger partial charge < -0.3 is 10.1 Å². The van der Waals surface area contributed by atoms with Gasteiger partial charge in [-0.1, -0.05) is 13.0 Å². The van der Waals surface area contributed by atoms with Gasteiger partial charge in [-0.05, 0) is 67.8 Å². The summed E-state index contributed by atoms with van der Waals surface area (Å²) in [4.78, 5) is 24.4. The van der Waals surface area contributed by atoms with Crippen molar-refractivity contribution in [2.24, 2.45) is 0 Å². The molecule has 0 saturated heterocycles. The first-order valence-electron chi connectivity index (χ1n) is 9.14. The van der Waals surface area contributed by atoms with E-state index in [1.807, 2.05) is 19.9 Å². The fraction of sp³-hybridized carbons (Fsp3) is 0.333. The number of amides is 1. The molecule has 29 heavy (non-hydrogen) atoms. The van der Waals surface area contributed by atoms with Crippen molar-refractivity contribution in [2.75, 3.05) is 23.0 Å². The molecule has 0 unspecified atom stereocenters. The molecule has 0 fully saturated rings. The quantitative estimate of drug-likeness (QED) is 0.697. The Bertz CT molecular complexity index is 1000. The molecule has 1 N–H and O–H groups in total. The standard InChI is InChI=1S/C21H26N2O5S/c1-6-19(20(24)22-17-10-8-16(9-11-17)21(25)28-4)23(29(5,26)27)18-12-7-14(2)15(3)13-18/h7-13,19H,6H2,1-5H3,(H,22,24)/t19-/m1/s1. The van der Waals surface area contributed by atoms with Crippen LogP contribution in [0.15, 0.2) is 42.5 Å². The number of hydrogen-bond acceptors (Lipinski definition) is 5. The topological polar surface area (TPSA) is 92.8 Å². The van der Waals surface area contributed by atoms with Crippen molar-refractivity contribution in [2.45, 2.75) is 33.2 Å². The van der Waals surface area contributed by atoms with Crippen molar-refractivity contribution < 1.29 is 22.7 Å². The molecule has 1 amide bonds. The van der Waals surface area contributed by atoms with Crippen molar-refractivity contribution in [1.29, 1.82) is 0 Å². The predicted molar refractivity (Wildman–Crippen MR) is 114 cm³/mol. The Kier molecular flexibility index (Phi) is 7.02. The lowest BCUT2D eigenvalue weighted by atomic mass is 10.1. The summed E-state index contributed by atoms with van der Waals surface area (Å²) in [6.07, 6.45) is 1.37. The number of esters is 1. The highest BCUT2D eigenvalue weighted by atomic mass is 32.2. The highest BCUT2D eigenvalue weighted by Gasteiger charge is 2.31. The molecule has 2 rings (SSSR count). The van der Waals surface area contributed by atoms with Gasteiger partial charge >= 0.3 is 5.97 Å². The zero-order valence-corrected chi connectivity index (χ0v) is 18.0. The second-order valence-electron chi connectivity index (χ2n) is 6.81. The lowest BCUT2D eigenvalue weighted by Gasteiger charge is -2.30. The smallest absolute Gasteiger partial charge is 0.337 e. The number of hydrogen-bond donors (Lipinski definition) is 1. The Labute approximate surface area is 171 Å². The van der Waals surface area contributed by atoms with Gasteiger partial charge in [0, 0.05) is 5.69 Å².